The normalized spacial score (nSPS) is 24.4. The molecular weight excluding hydrogens is 214 g/mol. The number of pyridine rings is 1. The van der Waals surface area contributed by atoms with Crippen molar-refractivity contribution in [2.45, 2.75) is 32.4 Å². The van der Waals surface area contributed by atoms with Crippen molar-refractivity contribution in [1.29, 1.82) is 0 Å². The van der Waals surface area contributed by atoms with Crippen LogP contribution in [0, 0.1) is 6.92 Å². The highest BCUT2D eigenvalue weighted by Crippen LogP contribution is 2.27. The van der Waals surface area contributed by atoms with Crippen LogP contribution < -0.4 is 10.2 Å². The Morgan fingerprint density at radius 1 is 1.59 bits per heavy atom. The van der Waals surface area contributed by atoms with E-state index in [0.29, 0.717) is 6.54 Å². The third kappa shape index (κ3) is 2.76. The van der Waals surface area contributed by atoms with E-state index in [0.717, 1.165) is 25.3 Å². The molecular formula is C13H21N3O. The Morgan fingerprint density at radius 3 is 2.88 bits per heavy atom. The van der Waals surface area contributed by atoms with Gasteiger partial charge in [0.15, 0.2) is 0 Å². The number of nitrogens with one attached hydrogen (secondary N) is 1. The van der Waals surface area contributed by atoms with Crippen molar-refractivity contribution in [2.24, 2.45) is 0 Å². The Balaban J connectivity index is 2.17. The molecule has 0 amide bonds. The third-order valence-electron chi connectivity index (χ3n) is 3.24. The van der Waals surface area contributed by atoms with E-state index in [9.17, 15) is 5.11 Å². The van der Waals surface area contributed by atoms with Gasteiger partial charge >= 0.3 is 0 Å². The van der Waals surface area contributed by atoms with Crippen LogP contribution in [-0.4, -0.2) is 35.8 Å². The van der Waals surface area contributed by atoms with Gasteiger partial charge in [-0.25, -0.2) is 4.98 Å². The number of aliphatic hydroxyl groups is 1. The minimum absolute atomic E-state index is 0.572. The van der Waals surface area contributed by atoms with Crippen molar-refractivity contribution in [3.05, 3.63) is 23.4 Å². The van der Waals surface area contributed by atoms with Gasteiger partial charge in [-0.15, -0.1) is 0 Å². The molecule has 4 heteroatoms. The van der Waals surface area contributed by atoms with Gasteiger partial charge in [-0.3, -0.25) is 0 Å². The molecule has 0 spiro atoms. The van der Waals surface area contributed by atoms with Crippen LogP contribution in [-0.2, 0) is 6.54 Å². The summed E-state index contributed by atoms with van der Waals surface area (Å²) in [6.45, 7) is 6.36. The molecule has 1 unspecified atom stereocenters. The van der Waals surface area contributed by atoms with Crippen molar-refractivity contribution in [1.82, 2.24) is 10.3 Å². The number of β-amino-alcohol motifs (C(OH)–C–C–N with tert-alkyl or cyclic N) is 1. The van der Waals surface area contributed by atoms with Gasteiger partial charge in [0.05, 0.1) is 5.60 Å². The van der Waals surface area contributed by atoms with Gasteiger partial charge in [0.2, 0.25) is 0 Å². The second kappa shape index (κ2) is 4.63. The molecule has 2 heterocycles. The summed E-state index contributed by atoms with van der Waals surface area (Å²) in [6, 6.07) is 2.16. The maximum Gasteiger partial charge on any atom is 0.131 e. The number of anilines is 1. The highest BCUT2D eigenvalue weighted by atomic mass is 16.3. The standard InChI is InChI=1S/C13H21N3O/c1-10-6-11(7-14-3)8-15-12(10)16-5-4-13(2,17)9-16/h6,8,14,17H,4-5,7,9H2,1-3H3. The minimum Gasteiger partial charge on any atom is -0.388 e. The maximum atomic E-state index is 9.98. The Kier molecular flexibility index (Phi) is 3.35. The van der Waals surface area contributed by atoms with Crippen LogP contribution in [0.4, 0.5) is 5.82 Å². The molecule has 0 aromatic carbocycles. The lowest BCUT2D eigenvalue weighted by Crippen LogP contribution is -2.30. The second-order valence-electron chi connectivity index (χ2n) is 5.18. The Labute approximate surface area is 103 Å². The largest absolute Gasteiger partial charge is 0.388 e. The van der Waals surface area contributed by atoms with Crippen molar-refractivity contribution < 1.29 is 5.11 Å². The summed E-state index contributed by atoms with van der Waals surface area (Å²) in [5, 5.41) is 13.1. The number of aromatic nitrogens is 1. The van der Waals surface area contributed by atoms with Crippen LogP contribution in [0.3, 0.4) is 0 Å². The van der Waals surface area contributed by atoms with Gasteiger partial charge in [0, 0.05) is 25.8 Å². The van der Waals surface area contributed by atoms with E-state index in [-0.39, 0.29) is 0 Å². The molecule has 0 radical (unpaired) electrons. The molecule has 17 heavy (non-hydrogen) atoms. The van der Waals surface area contributed by atoms with Crippen LogP contribution in [0.2, 0.25) is 0 Å². The van der Waals surface area contributed by atoms with E-state index in [1.165, 1.54) is 11.1 Å². The average molecular weight is 235 g/mol. The topological polar surface area (TPSA) is 48.4 Å². The van der Waals surface area contributed by atoms with Gasteiger partial charge in [-0.05, 0) is 44.5 Å². The highest BCUT2D eigenvalue weighted by molar-refractivity contribution is 5.48. The van der Waals surface area contributed by atoms with Gasteiger partial charge in [0.25, 0.3) is 0 Å². The number of hydrogen-bond acceptors (Lipinski definition) is 4. The predicted octanol–water partition coefficient (Wildman–Crippen LogP) is 1.07. The summed E-state index contributed by atoms with van der Waals surface area (Å²) < 4.78 is 0. The molecule has 0 saturated carbocycles. The minimum atomic E-state index is -0.572. The summed E-state index contributed by atoms with van der Waals surface area (Å²) in [4.78, 5) is 6.68. The van der Waals surface area contributed by atoms with Gasteiger partial charge in [0.1, 0.15) is 5.82 Å². The smallest absolute Gasteiger partial charge is 0.131 e. The van der Waals surface area contributed by atoms with Crippen molar-refractivity contribution in [3.8, 4) is 0 Å². The SMILES string of the molecule is CNCc1cnc(N2CCC(C)(O)C2)c(C)c1. The molecule has 1 atom stereocenters. The number of nitrogens with zero attached hydrogens (tertiary/aromatic N) is 2. The van der Waals surface area contributed by atoms with Crippen molar-refractivity contribution >= 4 is 5.82 Å². The van der Waals surface area contributed by atoms with E-state index < -0.39 is 5.60 Å². The van der Waals surface area contributed by atoms with E-state index >= 15 is 0 Å². The van der Waals surface area contributed by atoms with Crippen molar-refractivity contribution in [3.63, 3.8) is 0 Å². The maximum absolute atomic E-state index is 9.98. The Hall–Kier alpha value is -1.13. The zero-order valence-corrected chi connectivity index (χ0v) is 10.8. The fraction of sp³-hybridized carbons (Fsp3) is 0.615. The molecule has 4 nitrogen and oxygen atoms in total. The molecule has 1 saturated heterocycles. The fourth-order valence-corrected chi connectivity index (χ4v) is 2.38. The van der Waals surface area contributed by atoms with Crippen LogP contribution in [0.15, 0.2) is 12.3 Å². The number of rotatable bonds is 3. The molecule has 1 aliphatic rings. The quantitative estimate of drug-likeness (QED) is 0.823. The summed E-state index contributed by atoms with van der Waals surface area (Å²) >= 11 is 0. The molecule has 1 aliphatic heterocycles. The molecule has 0 bridgehead atoms. The van der Waals surface area contributed by atoms with Crippen molar-refractivity contribution in [2.75, 3.05) is 25.0 Å². The van der Waals surface area contributed by atoms with Crippen LogP contribution in [0.25, 0.3) is 0 Å². The summed E-state index contributed by atoms with van der Waals surface area (Å²) in [5.41, 5.74) is 1.80. The number of hydrogen-bond donors (Lipinski definition) is 2. The van der Waals surface area contributed by atoms with E-state index in [2.05, 4.69) is 28.2 Å². The molecule has 1 fully saturated rings. The summed E-state index contributed by atoms with van der Waals surface area (Å²) in [5.74, 6) is 1.00. The van der Waals surface area contributed by atoms with E-state index in [1.807, 2.05) is 20.2 Å². The first-order valence-electron chi connectivity index (χ1n) is 6.09. The monoisotopic (exact) mass is 235 g/mol. The Morgan fingerprint density at radius 2 is 2.35 bits per heavy atom. The molecule has 94 valence electrons. The molecule has 0 aliphatic carbocycles. The molecule has 2 rings (SSSR count). The highest BCUT2D eigenvalue weighted by Gasteiger charge is 2.32. The van der Waals surface area contributed by atoms with Gasteiger partial charge in [-0.2, -0.15) is 0 Å². The van der Waals surface area contributed by atoms with Gasteiger partial charge in [-0.1, -0.05) is 0 Å². The number of aryl methyl sites for hydroxylation is 1. The summed E-state index contributed by atoms with van der Waals surface area (Å²) in [7, 11) is 1.93. The van der Waals surface area contributed by atoms with E-state index in [4.69, 9.17) is 0 Å². The first-order chi connectivity index (χ1) is 8.02. The van der Waals surface area contributed by atoms with E-state index in [1.54, 1.807) is 0 Å². The van der Waals surface area contributed by atoms with Crippen LogP contribution in [0.1, 0.15) is 24.5 Å². The zero-order chi connectivity index (χ0) is 12.5. The first-order valence-corrected chi connectivity index (χ1v) is 6.09. The van der Waals surface area contributed by atoms with Crippen LogP contribution in [0.5, 0.6) is 0 Å². The molecule has 1 aromatic heterocycles. The fourth-order valence-electron chi connectivity index (χ4n) is 2.38. The second-order valence-corrected chi connectivity index (χ2v) is 5.18. The van der Waals surface area contributed by atoms with Gasteiger partial charge < -0.3 is 15.3 Å². The average Bonchev–Trinajstić information content (AvgIpc) is 2.59. The lowest BCUT2D eigenvalue weighted by Gasteiger charge is -2.21. The van der Waals surface area contributed by atoms with Crippen LogP contribution >= 0.6 is 0 Å². The molecule has 1 aromatic rings. The summed E-state index contributed by atoms with van der Waals surface area (Å²) in [6.07, 6.45) is 2.72. The lowest BCUT2D eigenvalue weighted by atomic mass is 10.1. The Bertz CT molecular complexity index is 404. The zero-order valence-electron chi connectivity index (χ0n) is 10.8. The lowest BCUT2D eigenvalue weighted by molar-refractivity contribution is 0.0839. The first kappa shape index (κ1) is 12.3. The predicted molar refractivity (Wildman–Crippen MR) is 69.2 cm³/mol. The molecule has 2 N–H and O–H groups in total. The third-order valence-corrected chi connectivity index (χ3v) is 3.24.